The Hall–Kier alpha value is -1.11. The Morgan fingerprint density at radius 3 is 2.76 bits per heavy atom. The second-order valence-electron chi connectivity index (χ2n) is 5.92. The standard InChI is InChI=1S/C15H22N2O3S/c1-16-9-11-4-6-14(20-2)15(8-11)21(18,19)17-10-12-3-5-13(17)7-12/h4,6,8,12-13,16H,3,5,7,9-10H2,1-2H3. The summed E-state index contributed by atoms with van der Waals surface area (Å²) in [4.78, 5) is 0.297. The van der Waals surface area contributed by atoms with E-state index in [1.165, 1.54) is 7.11 Å². The summed E-state index contributed by atoms with van der Waals surface area (Å²) in [6, 6.07) is 5.55. The van der Waals surface area contributed by atoms with Gasteiger partial charge in [-0.25, -0.2) is 8.42 Å². The van der Waals surface area contributed by atoms with Crippen molar-refractivity contribution in [1.82, 2.24) is 9.62 Å². The molecule has 1 heterocycles. The number of hydrogen-bond acceptors (Lipinski definition) is 4. The van der Waals surface area contributed by atoms with Crippen LogP contribution in [0.1, 0.15) is 24.8 Å². The smallest absolute Gasteiger partial charge is 0.247 e. The number of rotatable bonds is 5. The second kappa shape index (κ2) is 5.59. The lowest BCUT2D eigenvalue weighted by atomic mass is 10.1. The molecule has 2 bridgehead atoms. The molecular formula is C15H22N2O3S. The van der Waals surface area contributed by atoms with Gasteiger partial charge in [0.05, 0.1) is 7.11 Å². The topological polar surface area (TPSA) is 58.6 Å². The van der Waals surface area contributed by atoms with E-state index in [-0.39, 0.29) is 6.04 Å². The first-order valence-corrected chi connectivity index (χ1v) is 8.83. The number of ether oxygens (including phenoxy) is 1. The molecule has 1 aliphatic carbocycles. The van der Waals surface area contributed by atoms with Gasteiger partial charge in [0.1, 0.15) is 10.6 Å². The van der Waals surface area contributed by atoms with Gasteiger partial charge in [0.25, 0.3) is 0 Å². The molecule has 1 saturated heterocycles. The zero-order chi connectivity index (χ0) is 15.0. The van der Waals surface area contributed by atoms with Crippen molar-refractivity contribution < 1.29 is 13.2 Å². The molecule has 0 amide bonds. The first-order valence-electron chi connectivity index (χ1n) is 7.39. The summed E-state index contributed by atoms with van der Waals surface area (Å²) in [7, 11) is -0.111. The molecule has 5 nitrogen and oxygen atoms in total. The number of fused-ring (bicyclic) bond motifs is 2. The quantitative estimate of drug-likeness (QED) is 0.897. The van der Waals surface area contributed by atoms with Gasteiger partial charge in [-0.15, -0.1) is 0 Å². The maximum absolute atomic E-state index is 13.0. The lowest BCUT2D eigenvalue weighted by Crippen LogP contribution is -2.37. The van der Waals surface area contributed by atoms with Crippen LogP contribution in [0.15, 0.2) is 23.1 Å². The molecule has 1 N–H and O–H groups in total. The maximum atomic E-state index is 13.0. The van der Waals surface area contributed by atoms with E-state index >= 15 is 0 Å². The molecule has 2 unspecified atom stereocenters. The summed E-state index contributed by atoms with van der Waals surface area (Å²) in [5.74, 6) is 0.967. The monoisotopic (exact) mass is 310 g/mol. The summed E-state index contributed by atoms with van der Waals surface area (Å²) < 4.78 is 32.9. The van der Waals surface area contributed by atoms with Gasteiger partial charge in [-0.05, 0) is 49.9 Å². The van der Waals surface area contributed by atoms with Crippen molar-refractivity contribution >= 4 is 10.0 Å². The van der Waals surface area contributed by atoms with Gasteiger partial charge in [-0.1, -0.05) is 6.07 Å². The van der Waals surface area contributed by atoms with Gasteiger partial charge in [-0.3, -0.25) is 0 Å². The van der Waals surface area contributed by atoms with Crippen molar-refractivity contribution in [3.8, 4) is 5.75 Å². The summed E-state index contributed by atoms with van der Waals surface area (Å²) in [5, 5.41) is 3.05. The third-order valence-corrected chi connectivity index (χ3v) is 6.49. The zero-order valence-corrected chi connectivity index (χ0v) is 13.3. The molecule has 1 aliphatic heterocycles. The third-order valence-electron chi connectivity index (χ3n) is 4.55. The molecule has 21 heavy (non-hydrogen) atoms. The highest BCUT2D eigenvalue weighted by Gasteiger charge is 2.45. The van der Waals surface area contributed by atoms with E-state index in [0.29, 0.717) is 29.7 Å². The highest BCUT2D eigenvalue weighted by atomic mass is 32.2. The summed E-state index contributed by atoms with van der Waals surface area (Å²) in [5.41, 5.74) is 0.946. The molecule has 0 spiro atoms. The maximum Gasteiger partial charge on any atom is 0.247 e. The summed E-state index contributed by atoms with van der Waals surface area (Å²) >= 11 is 0. The number of benzene rings is 1. The van der Waals surface area contributed by atoms with Crippen LogP contribution in [0.4, 0.5) is 0 Å². The van der Waals surface area contributed by atoms with Crippen molar-refractivity contribution in [3.63, 3.8) is 0 Å². The highest BCUT2D eigenvalue weighted by Crippen LogP contribution is 2.41. The van der Waals surface area contributed by atoms with Crippen LogP contribution in [0, 0.1) is 5.92 Å². The van der Waals surface area contributed by atoms with Crippen LogP contribution in [0.2, 0.25) is 0 Å². The summed E-state index contributed by atoms with van der Waals surface area (Å²) in [6.45, 7) is 1.30. The predicted molar refractivity (Wildman–Crippen MR) is 80.8 cm³/mol. The molecule has 6 heteroatoms. The zero-order valence-electron chi connectivity index (χ0n) is 12.5. The van der Waals surface area contributed by atoms with Crippen LogP contribution in [-0.4, -0.2) is 39.5 Å². The molecule has 2 fully saturated rings. The summed E-state index contributed by atoms with van der Waals surface area (Å²) in [6.07, 6.45) is 3.16. The molecule has 3 rings (SSSR count). The van der Waals surface area contributed by atoms with Crippen molar-refractivity contribution in [2.45, 2.75) is 36.7 Å². The Balaban J connectivity index is 1.99. The van der Waals surface area contributed by atoms with Crippen LogP contribution in [0.25, 0.3) is 0 Å². The van der Waals surface area contributed by atoms with E-state index in [0.717, 1.165) is 24.8 Å². The minimum absolute atomic E-state index is 0.178. The minimum Gasteiger partial charge on any atom is -0.495 e. The Morgan fingerprint density at radius 1 is 1.38 bits per heavy atom. The number of hydrogen-bond donors (Lipinski definition) is 1. The Labute approximate surface area is 126 Å². The number of nitrogens with zero attached hydrogens (tertiary/aromatic N) is 1. The van der Waals surface area contributed by atoms with Gasteiger partial charge in [0.15, 0.2) is 0 Å². The van der Waals surface area contributed by atoms with Gasteiger partial charge in [-0.2, -0.15) is 4.31 Å². The van der Waals surface area contributed by atoms with Crippen LogP contribution in [-0.2, 0) is 16.6 Å². The van der Waals surface area contributed by atoms with E-state index in [1.54, 1.807) is 16.4 Å². The molecule has 0 aromatic heterocycles. The second-order valence-corrected chi connectivity index (χ2v) is 7.78. The van der Waals surface area contributed by atoms with Crippen molar-refractivity contribution in [2.75, 3.05) is 20.7 Å². The Kier molecular flexibility index (Phi) is 3.94. The van der Waals surface area contributed by atoms with Gasteiger partial charge < -0.3 is 10.1 Å². The molecule has 2 atom stereocenters. The predicted octanol–water partition coefficient (Wildman–Crippen LogP) is 1.59. The van der Waals surface area contributed by atoms with Crippen molar-refractivity contribution in [3.05, 3.63) is 23.8 Å². The van der Waals surface area contributed by atoms with E-state index in [4.69, 9.17) is 4.74 Å². The van der Waals surface area contributed by atoms with E-state index in [2.05, 4.69) is 5.32 Å². The first-order chi connectivity index (χ1) is 10.1. The van der Waals surface area contributed by atoms with E-state index in [1.807, 2.05) is 13.1 Å². The average Bonchev–Trinajstić information content (AvgIpc) is 3.10. The van der Waals surface area contributed by atoms with Crippen molar-refractivity contribution in [1.29, 1.82) is 0 Å². The largest absolute Gasteiger partial charge is 0.495 e. The van der Waals surface area contributed by atoms with Crippen LogP contribution >= 0.6 is 0 Å². The Bertz CT molecular complexity index is 630. The number of piperidine rings is 1. The lowest BCUT2D eigenvalue weighted by Gasteiger charge is -2.27. The molecular weight excluding hydrogens is 288 g/mol. The van der Waals surface area contributed by atoms with E-state index in [9.17, 15) is 8.42 Å². The number of nitrogens with one attached hydrogen (secondary N) is 1. The molecule has 1 aromatic rings. The molecule has 2 aliphatic rings. The lowest BCUT2D eigenvalue weighted by molar-refractivity contribution is 0.330. The van der Waals surface area contributed by atoms with Crippen LogP contribution in [0.5, 0.6) is 5.75 Å². The van der Waals surface area contributed by atoms with E-state index < -0.39 is 10.0 Å². The highest BCUT2D eigenvalue weighted by molar-refractivity contribution is 7.89. The molecule has 1 saturated carbocycles. The van der Waals surface area contributed by atoms with Gasteiger partial charge >= 0.3 is 0 Å². The number of sulfonamides is 1. The van der Waals surface area contributed by atoms with Crippen molar-refractivity contribution in [2.24, 2.45) is 5.92 Å². The van der Waals surface area contributed by atoms with Gasteiger partial charge in [0.2, 0.25) is 10.0 Å². The fourth-order valence-electron chi connectivity index (χ4n) is 3.54. The third kappa shape index (κ3) is 2.56. The van der Waals surface area contributed by atoms with Gasteiger partial charge in [0, 0.05) is 19.1 Å². The fraction of sp³-hybridized carbons (Fsp3) is 0.600. The normalized spacial score (nSPS) is 25.4. The first kappa shape index (κ1) is 14.8. The SMILES string of the molecule is CNCc1ccc(OC)c(S(=O)(=O)N2CC3CCC2C3)c1. The number of methoxy groups -OCH3 is 1. The van der Waals surface area contributed by atoms with Crippen LogP contribution in [0.3, 0.4) is 0 Å². The fourth-order valence-corrected chi connectivity index (χ4v) is 5.49. The van der Waals surface area contributed by atoms with Crippen LogP contribution < -0.4 is 10.1 Å². The molecule has 116 valence electrons. The molecule has 0 radical (unpaired) electrons. The Morgan fingerprint density at radius 2 is 2.19 bits per heavy atom. The average molecular weight is 310 g/mol. The minimum atomic E-state index is -3.47. The molecule has 1 aromatic carbocycles.